The quantitative estimate of drug-likeness (QED) is 0.735. The van der Waals surface area contributed by atoms with Crippen molar-refractivity contribution in [3.63, 3.8) is 0 Å². The molecule has 0 amide bonds. The Kier molecular flexibility index (Phi) is 4.50. The number of hydrogen-bond donors (Lipinski definition) is 0. The molecule has 1 atom stereocenters. The van der Waals surface area contributed by atoms with Crippen LogP contribution in [0.5, 0.6) is 5.75 Å². The standard InChI is InChI=1S/C13H17NO3/c1-10(13(9-14,16-3)17-4)11-5-7-12(15-2)8-6-11/h5-8,10H,1-4H3/t10-/m0/s1. The van der Waals surface area contributed by atoms with Crippen LogP contribution in [-0.2, 0) is 9.47 Å². The van der Waals surface area contributed by atoms with E-state index in [2.05, 4.69) is 6.07 Å². The molecule has 0 radical (unpaired) electrons. The number of hydrogen-bond acceptors (Lipinski definition) is 4. The van der Waals surface area contributed by atoms with Crippen molar-refractivity contribution in [1.82, 2.24) is 0 Å². The van der Waals surface area contributed by atoms with Gasteiger partial charge >= 0.3 is 0 Å². The molecule has 0 aromatic heterocycles. The molecule has 4 nitrogen and oxygen atoms in total. The normalized spacial score (nSPS) is 12.9. The lowest BCUT2D eigenvalue weighted by molar-refractivity contribution is -0.176. The lowest BCUT2D eigenvalue weighted by Gasteiger charge is -2.29. The largest absolute Gasteiger partial charge is 0.497 e. The lowest BCUT2D eigenvalue weighted by atomic mass is 9.93. The Morgan fingerprint density at radius 2 is 1.65 bits per heavy atom. The average Bonchev–Trinajstić information content (AvgIpc) is 2.41. The highest BCUT2D eigenvalue weighted by molar-refractivity contribution is 5.31. The second kappa shape index (κ2) is 5.67. The van der Waals surface area contributed by atoms with Crippen LogP contribution in [0.2, 0.25) is 0 Å². The van der Waals surface area contributed by atoms with Gasteiger partial charge in [-0.3, -0.25) is 0 Å². The molecule has 0 spiro atoms. The number of rotatable bonds is 5. The zero-order valence-corrected chi connectivity index (χ0v) is 10.6. The van der Waals surface area contributed by atoms with Gasteiger partial charge in [0.15, 0.2) is 0 Å². The fraction of sp³-hybridized carbons (Fsp3) is 0.462. The van der Waals surface area contributed by atoms with E-state index in [-0.39, 0.29) is 5.92 Å². The molecule has 0 saturated heterocycles. The zero-order chi connectivity index (χ0) is 12.9. The monoisotopic (exact) mass is 235 g/mol. The third kappa shape index (κ3) is 2.57. The topological polar surface area (TPSA) is 51.5 Å². The van der Waals surface area contributed by atoms with Crippen LogP contribution in [0.15, 0.2) is 24.3 Å². The molecule has 0 aliphatic carbocycles. The summed E-state index contributed by atoms with van der Waals surface area (Å²) in [7, 11) is 4.54. The Hall–Kier alpha value is -1.57. The highest BCUT2D eigenvalue weighted by Crippen LogP contribution is 2.31. The smallest absolute Gasteiger partial charge is 0.265 e. The molecular weight excluding hydrogens is 218 g/mol. The van der Waals surface area contributed by atoms with Crippen LogP contribution in [-0.4, -0.2) is 27.1 Å². The molecule has 4 heteroatoms. The maximum absolute atomic E-state index is 9.18. The van der Waals surface area contributed by atoms with Gasteiger partial charge in [0.25, 0.3) is 5.79 Å². The van der Waals surface area contributed by atoms with E-state index in [0.29, 0.717) is 0 Å². The van der Waals surface area contributed by atoms with Gasteiger partial charge in [-0.25, -0.2) is 0 Å². The maximum atomic E-state index is 9.18. The summed E-state index contributed by atoms with van der Waals surface area (Å²) >= 11 is 0. The maximum Gasteiger partial charge on any atom is 0.265 e. The third-order valence-electron chi connectivity index (χ3n) is 2.95. The molecule has 92 valence electrons. The van der Waals surface area contributed by atoms with E-state index < -0.39 is 5.79 Å². The van der Waals surface area contributed by atoms with Gasteiger partial charge in [-0.05, 0) is 17.7 Å². The summed E-state index contributed by atoms with van der Waals surface area (Å²) in [5.74, 6) is -0.680. The first-order chi connectivity index (χ1) is 8.13. The molecule has 1 aromatic carbocycles. The van der Waals surface area contributed by atoms with E-state index in [1.165, 1.54) is 14.2 Å². The lowest BCUT2D eigenvalue weighted by Crippen LogP contribution is -2.37. The van der Waals surface area contributed by atoms with Crippen LogP contribution in [0.1, 0.15) is 18.4 Å². The van der Waals surface area contributed by atoms with Crippen LogP contribution in [0, 0.1) is 11.3 Å². The van der Waals surface area contributed by atoms with E-state index >= 15 is 0 Å². The van der Waals surface area contributed by atoms with Gasteiger partial charge in [0.2, 0.25) is 0 Å². The summed E-state index contributed by atoms with van der Waals surface area (Å²) in [4.78, 5) is 0. The van der Waals surface area contributed by atoms with Crippen LogP contribution in [0.4, 0.5) is 0 Å². The summed E-state index contributed by atoms with van der Waals surface area (Å²) < 4.78 is 15.5. The van der Waals surface area contributed by atoms with Crippen molar-refractivity contribution in [3.05, 3.63) is 29.8 Å². The highest BCUT2D eigenvalue weighted by Gasteiger charge is 2.37. The van der Waals surface area contributed by atoms with Gasteiger partial charge in [0, 0.05) is 20.1 Å². The van der Waals surface area contributed by atoms with Crippen LogP contribution in [0.3, 0.4) is 0 Å². The molecule has 1 rings (SSSR count). The van der Waals surface area contributed by atoms with Gasteiger partial charge in [-0.15, -0.1) is 0 Å². The Bertz CT molecular complexity index is 390. The van der Waals surface area contributed by atoms with E-state index in [4.69, 9.17) is 14.2 Å². The van der Waals surface area contributed by atoms with Crippen molar-refractivity contribution in [2.24, 2.45) is 0 Å². The summed E-state index contributed by atoms with van der Waals surface area (Å²) in [5, 5.41) is 9.18. The summed E-state index contributed by atoms with van der Waals surface area (Å²) in [5.41, 5.74) is 0.955. The number of benzene rings is 1. The number of ether oxygens (including phenoxy) is 3. The average molecular weight is 235 g/mol. The predicted molar refractivity (Wildman–Crippen MR) is 63.8 cm³/mol. The number of nitriles is 1. The summed E-state index contributed by atoms with van der Waals surface area (Å²) in [6.07, 6.45) is 0. The minimum atomic E-state index is -1.26. The Morgan fingerprint density at radius 3 is 2.00 bits per heavy atom. The first kappa shape index (κ1) is 13.5. The molecule has 1 aromatic rings. The van der Waals surface area contributed by atoms with Crippen molar-refractivity contribution in [3.8, 4) is 11.8 Å². The molecule has 0 bridgehead atoms. The molecule has 0 unspecified atom stereocenters. The molecule has 0 fully saturated rings. The van der Waals surface area contributed by atoms with Crippen molar-refractivity contribution < 1.29 is 14.2 Å². The zero-order valence-electron chi connectivity index (χ0n) is 10.6. The SMILES string of the molecule is COc1ccc([C@H](C)C(C#N)(OC)OC)cc1. The fourth-order valence-corrected chi connectivity index (χ4v) is 1.74. The van der Waals surface area contributed by atoms with E-state index in [0.717, 1.165) is 11.3 Å². The molecule has 0 saturated carbocycles. The Labute approximate surface area is 102 Å². The fourth-order valence-electron chi connectivity index (χ4n) is 1.74. The third-order valence-corrected chi connectivity index (χ3v) is 2.95. The Balaban J connectivity index is 3.02. The van der Waals surface area contributed by atoms with E-state index in [1.807, 2.05) is 31.2 Å². The van der Waals surface area contributed by atoms with E-state index in [1.54, 1.807) is 7.11 Å². The summed E-state index contributed by atoms with van der Waals surface area (Å²) in [6, 6.07) is 9.55. The summed E-state index contributed by atoms with van der Waals surface area (Å²) in [6.45, 7) is 1.89. The van der Waals surface area contributed by atoms with E-state index in [9.17, 15) is 5.26 Å². The molecule has 0 heterocycles. The van der Waals surface area contributed by atoms with Gasteiger partial charge < -0.3 is 14.2 Å². The molecular formula is C13H17NO3. The number of methoxy groups -OCH3 is 3. The minimum Gasteiger partial charge on any atom is -0.497 e. The second-order valence-electron chi connectivity index (χ2n) is 3.68. The first-order valence-electron chi connectivity index (χ1n) is 5.29. The molecule has 17 heavy (non-hydrogen) atoms. The van der Waals surface area contributed by atoms with Gasteiger partial charge in [-0.1, -0.05) is 19.1 Å². The van der Waals surface area contributed by atoms with Gasteiger partial charge in [0.1, 0.15) is 11.8 Å². The minimum absolute atomic E-state index is 0.201. The predicted octanol–water partition coefficient (Wildman–Crippen LogP) is 2.31. The van der Waals surface area contributed by atoms with Crippen molar-refractivity contribution in [2.45, 2.75) is 18.6 Å². The Morgan fingerprint density at radius 1 is 1.12 bits per heavy atom. The first-order valence-corrected chi connectivity index (χ1v) is 5.29. The highest BCUT2D eigenvalue weighted by atomic mass is 16.7. The molecule has 0 aliphatic rings. The van der Waals surface area contributed by atoms with Crippen LogP contribution in [0.25, 0.3) is 0 Å². The van der Waals surface area contributed by atoms with Gasteiger partial charge in [0.05, 0.1) is 7.11 Å². The van der Waals surface area contributed by atoms with Gasteiger partial charge in [-0.2, -0.15) is 5.26 Å². The number of nitrogens with zero attached hydrogens (tertiary/aromatic N) is 1. The molecule has 0 aliphatic heterocycles. The van der Waals surface area contributed by atoms with Crippen molar-refractivity contribution in [2.75, 3.05) is 21.3 Å². The van der Waals surface area contributed by atoms with Crippen LogP contribution >= 0.6 is 0 Å². The van der Waals surface area contributed by atoms with Crippen LogP contribution < -0.4 is 4.74 Å². The van der Waals surface area contributed by atoms with Crippen molar-refractivity contribution >= 4 is 0 Å². The second-order valence-corrected chi connectivity index (χ2v) is 3.68. The molecule has 0 N–H and O–H groups in total. The van der Waals surface area contributed by atoms with Crippen molar-refractivity contribution in [1.29, 1.82) is 5.26 Å².